The van der Waals surface area contributed by atoms with E-state index in [1.54, 1.807) is 7.11 Å². The minimum atomic E-state index is -0.122. The van der Waals surface area contributed by atoms with Crippen molar-refractivity contribution in [2.75, 3.05) is 13.7 Å². The number of benzene rings is 2. The molecule has 4 aromatic rings. The molecule has 0 saturated heterocycles. The molecule has 0 N–H and O–H groups in total. The van der Waals surface area contributed by atoms with Gasteiger partial charge in [0.15, 0.2) is 5.82 Å². The zero-order valence-corrected chi connectivity index (χ0v) is 17.4. The largest absolute Gasteiger partial charge is 0.497 e. The highest BCUT2D eigenvalue weighted by Gasteiger charge is 2.31. The van der Waals surface area contributed by atoms with Gasteiger partial charge < -0.3 is 4.74 Å². The van der Waals surface area contributed by atoms with Crippen molar-refractivity contribution in [2.24, 2.45) is 0 Å². The van der Waals surface area contributed by atoms with E-state index < -0.39 is 0 Å². The third kappa shape index (κ3) is 4.04. The molecule has 3 heterocycles. The van der Waals surface area contributed by atoms with E-state index in [9.17, 15) is 0 Å². The van der Waals surface area contributed by atoms with Gasteiger partial charge in [-0.3, -0.25) is 9.88 Å². The lowest BCUT2D eigenvalue weighted by Crippen LogP contribution is -2.36. The molecule has 156 valence electrons. The summed E-state index contributed by atoms with van der Waals surface area (Å²) in [4.78, 5) is 7.09. The Morgan fingerprint density at radius 1 is 0.968 bits per heavy atom. The molecule has 5 rings (SSSR count). The number of nitrogens with zero attached hydrogens (tertiary/aromatic N) is 6. The Morgan fingerprint density at radius 3 is 2.55 bits per heavy atom. The Bertz CT molecular complexity index is 1140. The molecule has 7 heteroatoms. The van der Waals surface area contributed by atoms with Gasteiger partial charge in [-0.05, 0) is 57.8 Å². The molecular formula is C24H24N6O. The van der Waals surface area contributed by atoms with Gasteiger partial charge in [-0.1, -0.05) is 42.5 Å². The first-order chi connectivity index (χ1) is 15.3. The van der Waals surface area contributed by atoms with Crippen LogP contribution in [-0.2, 0) is 19.5 Å². The Labute approximate surface area is 181 Å². The van der Waals surface area contributed by atoms with Crippen LogP contribution >= 0.6 is 0 Å². The molecule has 0 fully saturated rings. The van der Waals surface area contributed by atoms with Crippen LogP contribution < -0.4 is 4.74 Å². The maximum absolute atomic E-state index is 5.27. The number of fused-ring (bicyclic) bond motifs is 1. The van der Waals surface area contributed by atoms with E-state index in [0.717, 1.165) is 42.3 Å². The molecule has 1 aliphatic heterocycles. The lowest BCUT2D eigenvalue weighted by Gasteiger charge is -2.34. The average molecular weight is 412 g/mol. The standard InChI is InChI=1S/C24H24N6O/c1-31-21-11-9-18(10-12-21)16-30-24(26-27-28-30)23(22-8-4-5-14-25-22)29-15-13-19-6-2-3-7-20(19)17-29/h2-12,14,23H,13,15-17H2,1H3/t23-/m1/s1. The minimum Gasteiger partial charge on any atom is -0.497 e. The summed E-state index contributed by atoms with van der Waals surface area (Å²) in [5, 5.41) is 12.8. The molecule has 0 bridgehead atoms. The Kier molecular flexibility index (Phi) is 5.41. The molecule has 0 unspecified atom stereocenters. The van der Waals surface area contributed by atoms with Crippen LogP contribution in [0.3, 0.4) is 0 Å². The Balaban J connectivity index is 1.49. The van der Waals surface area contributed by atoms with Gasteiger partial charge in [-0.2, -0.15) is 0 Å². The van der Waals surface area contributed by atoms with Crippen LogP contribution in [0.5, 0.6) is 5.75 Å². The first kappa shape index (κ1) is 19.4. The van der Waals surface area contributed by atoms with Crippen molar-refractivity contribution >= 4 is 0 Å². The summed E-state index contributed by atoms with van der Waals surface area (Å²) >= 11 is 0. The number of hydrogen-bond donors (Lipinski definition) is 0. The lowest BCUT2D eigenvalue weighted by atomic mass is 9.97. The average Bonchev–Trinajstić information content (AvgIpc) is 3.28. The second-order valence-corrected chi connectivity index (χ2v) is 7.69. The normalized spacial score (nSPS) is 14.7. The van der Waals surface area contributed by atoms with Crippen LogP contribution in [0.25, 0.3) is 0 Å². The second-order valence-electron chi connectivity index (χ2n) is 7.69. The Morgan fingerprint density at radius 2 is 1.77 bits per heavy atom. The van der Waals surface area contributed by atoms with Crippen LogP contribution in [0.15, 0.2) is 72.9 Å². The molecule has 2 aromatic carbocycles. The number of ether oxygens (including phenoxy) is 1. The molecule has 0 radical (unpaired) electrons. The quantitative estimate of drug-likeness (QED) is 0.484. The predicted octanol–water partition coefficient (Wildman–Crippen LogP) is 3.27. The van der Waals surface area contributed by atoms with Crippen molar-refractivity contribution in [3.8, 4) is 5.75 Å². The molecular weight excluding hydrogens is 388 g/mol. The van der Waals surface area contributed by atoms with E-state index in [0.29, 0.717) is 6.54 Å². The van der Waals surface area contributed by atoms with Gasteiger partial charge in [0.25, 0.3) is 0 Å². The summed E-state index contributed by atoms with van der Waals surface area (Å²) in [6.07, 6.45) is 2.83. The van der Waals surface area contributed by atoms with Crippen LogP contribution in [0.4, 0.5) is 0 Å². The summed E-state index contributed by atoms with van der Waals surface area (Å²) in [6.45, 7) is 2.35. The summed E-state index contributed by atoms with van der Waals surface area (Å²) in [7, 11) is 1.67. The van der Waals surface area contributed by atoms with Gasteiger partial charge in [0.2, 0.25) is 0 Å². The third-order valence-corrected chi connectivity index (χ3v) is 5.79. The first-order valence-corrected chi connectivity index (χ1v) is 10.4. The van der Waals surface area contributed by atoms with Crippen molar-refractivity contribution in [1.82, 2.24) is 30.1 Å². The number of pyridine rings is 1. The van der Waals surface area contributed by atoms with Crippen LogP contribution in [0.1, 0.15) is 34.3 Å². The number of tetrazole rings is 1. The van der Waals surface area contributed by atoms with Gasteiger partial charge in [0.1, 0.15) is 11.8 Å². The zero-order valence-electron chi connectivity index (χ0n) is 17.4. The second kappa shape index (κ2) is 8.65. The molecule has 0 spiro atoms. The molecule has 31 heavy (non-hydrogen) atoms. The molecule has 0 amide bonds. The number of hydrogen-bond acceptors (Lipinski definition) is 6. The summed E-state index contributed by atoms with van der Waals surface area (Å²) < 4.78 is 7.15. The summed E-state index contributed by atoms with van der Waals surface area (Å²) in [6, 6.07) is 22.5. The maximum Gasteiger partial charge on any atom is 0.175 e. The molecule has 1 atom stereocenters. The van der Waals surface area contributed by atoms with E-state index in [1.165, 1.54) is 11.1 Å². The van der Waals surface area contributed by atoms with Gasteiger partial charge in [-0.15, -0.1) is 5.10 Å². The molecule has 2 aromatic heterocycles. The van der Waals surface area contributed by atoms with Gasteiger partial charge in [0, 0.05) is 19.3 Å². The fraction of sp³-hybridized carbons (Fsp3) is 0.250. The highest BCUT2D eigenvalue weighted by atomic mass is 16.5. The van der Waals surface area contributed by atoms with E-state index in [4.69, 9.17) is 4.74 Å². The highest BCUT2D eigenvalue weighted by molar-refractivity contribution is 5.31. The van der Waals surface area contributed by atoms with Crippen LogP contribution in [-0.4, -0.2) is 43.7 Å². The van der Waals surface area contributed by atoms with Gasteiger partial charge in [0.05, 0.1) is 19.3 Å². The van der Waals surface area contributed by atoms with Crippen molar-refractivity contribution in [3.63, 3.8) is 0 Å². The summed E-state index contributed by atoms with van der Waals surface area (Å²) in [5.74, 6) is 1.63. The monoisotopic (exact) mass is 412 g/mol. The smallest absolute Gasteiger partial charge is 0.175 e. The predicted molar refractivity (Wildman–Crippen MR) is 117 cm³/mol. The van der Waals surface area contributed by atoms with E-state index in [2.05, 4.69) is 55.7 Å². The van der Waals surface area contributed by atoms with Crippen molar-refractivity contribution < 1.29 is 4.74 Å². The van der Waals surface area contributed by atoms with Crippen LogP contribution in [0, 0.1) is 0 Å². The third-order valence-electron chi connectivity index (χ3n) is 5.79. The molecule has 1 aliphatic rings. The van der Waals surface area contributed by atoms with E-state index >= 15 is 0 Å². The minimum absolute atomic E-state index is 0.122. The van der Waals surface area contributed by atoms with Crippen LogP contribution in [0.2, 0.25) is 0 Å². The Hall–Kier alpha value is -3.58. The highest BCUT2D eigenvalue weighted by Crippen LogP contribution is 2.31. The van der Waals surface area contributed by atoms with Crippen molar-refractivity contribution in [2.45, 2.75) is 25.6 Å². The van der Waals surface area contributed by atoms with Crippen molar-refractivity contribution in [3.05, 3.63) is 101 Å². The van der Waals surface area contributed by atoms with E-state index in [1.807, 2.05) is 47.3 Å². The molecule has 0 saturated carbocycles. The zero-order chi connectivity index (χ0) is 21.0. The van der Waals surface area contributed by atoms with Gasteiger partial charge in [-0.25, -0.2) is 4.68 Å². The summed E-state index contributed by atoms with van der Waals surface area (Å²) in [5.41, 5.74) is 4.82. The van der Waals surface area contributed by atoms with Crippen molar-refractivity contribution in [1.29, 1.82) is 0 Å². The fourth-order valence-corrected chi connectivity index (χ4v) is 4.18. The SMILES string of the molecule is COc1ccc(Cn2nnnc2[C@@H](c2ccccn2)N2CCc3ccccc3C2)cc1. The molecule has 7 nitrogen and oxygen atoms in total. The first-order valence-electron chi connectivity index (χ1n) is 10.4. The fourth-order valence-electron chi connectivity index (χ4n) is 4.18. The lowest BCUT2D eigenvalue weighted by molar-refractivity contribution is 0.192. The number of aromatic nitrogens is 5. The number of methoxy groups -OCH3 is 1. The topological polar surface area (TPSA) is 69.0 Å². The maximum atomic E-state index is 5.27. The number of rotatable bonds is 6. The van der Waals surface area contributed by atoms with Gasteiger partial charge >= 0.3 is 0 Å². The molecule has 0 aliphatic carbocycles. The van der Waals surface area contributed by atoms with E-state index in [-0.39, 0.29) is 6.04 Å².